The first-order valence-electron chi connectivity index (χ1n) is 10.3. The molecule has 0 saturated carbocycles. The summed E-state index contributed by atoms with van der Waals surface area (Å²) in [6, 6.07) is 11.3. The fourth-order valence-electron chi connectivity index (χ4n) is 4.50. The second kappa shape index (κ2) is 7.88. The Morgan fingerprint density at radius 3 is 3.00 bits per heavy atom. The van der Waals surface area contributed by atoms with Crippen LogP contribution in [0.2, 0.25) is 0 Å². The van der Waals surface area contributed by atoms with Crippen molar-refractivity contribution in [3.05, 3.63) is 65.5 Å². The molecule has 32 heavy (non-hydrogen) atoms. The number of aromatic nitrogens is 2. The standard InChI is InChI=1S/C25H22ClN3O3/c1-14-4-3-5-19-21(30)10-20-24(23(14)19)16(11-26)13-29(20)22(31)7-6-17-8-15-9-18(32-2)12-27-25(15)28-17/h3-10,12,16,30H,11,13H2,1-2H3,(H,27,28). The van der Waals surface area contributed by atoms with E-state index in [9.17, 15) is 9.90 Å². The van der Waals surface area contributed by atoms with Gasteiger partial charge >= 0.3 is 0 Å². The number of ether oxygens (including phenoxy) is 1. The van der Waals surface area contributed by atoms with Gasteiger partial charge in [-0.2, -0.15) is 0 Å². The number of phenols is 1. The number of phenolic OH excluding ortho intramolecular Hbond substituents is 1. The molecule has 4 aromatic rings. The van der Waals surface area contributed by atoms with Gasteiger partial charge in [-0.15, -0.1) is 11.6 Å². The number of rotatable bonds is 4. The van der Waals surface area contributed by atoms with Crippen LogP contribution in [0.4, 0.5) is 5.69 Å². The highest BCUT2D eigenvalue weighted by molar-refractivity contribution is 6.19. The summed E-state index contributed by atoms with van der Waals surface area (Å²) < 4.78 is 5.21. The average Bonchev–Trinajstić information content (AvgIpc) is 3.38. The van der Waals surface area contributed by atoms with Crippen LogP contribution in [0.15, 0.2) is 48.7 Å². The number of amides is 1. The number of anilines is 1. The lowest BCUT2D eigenvalue weighted by molar-refractivity contribution is -0.114. The van der Waals surface area contributed by atoms with E-state index in [4.69, 9.17) is 16.3 Å². The number of H-pyrrole nitrogens is 1. The van der Waals surface area contributed by atoms with Crippen molar-refractivity contribution in [2.75, 3.05) is 24.4 Å². The van der Waals surface area contributed by atoms with Crippen molar-refractivity contribution in [1.29, 1.82) is 0 Å². The Kier molecular flexibility index (Phi) is 5.02. The largest absolute Gasteiger partial charge is 0.507 e. The van der Waals surface area contributed by atoms with Crippen molar-refractivity contribution in [3.63, 3.8) is 0 Å². The average molecular weight is 448 g/mol. The molecule has 2 aromatic heterocycles. The Hall–Kier alpha value is -3.51. The van der Waals surface area contributed by atoms with Crippen molar-refractivity contribution >= 4 is 51.1 Å². The van der Waals surface area contributed by atoms with Crippen LogP contribution in [-0.4, -0.2) is 40.5 Å². The number of methoxy groups -OCH3 is 1. The van der Waals surface area contributed by atoms with Gasteiger partial charge in [0.1, 0.15) is 17.1 Å². The molecule has 2 N–H and O–H groups in total. The summed E-state index contributed by atoms with van der Waals surface area (Å²) in [6.07, 6.45) is 4.90. The van der Waals surface area contributed by atoms with Gasteiger partial charge in [0.05, 0.1) is 19.0 Å². The van der Waals surface area contributed by atoms with E-state index in [1.807, 2.05) is 37.3 Å². The number of carbonyl (C=O) groups excluding carboxylic acids is 1. The number of nitrogens with zero attached hydrogens (tertiary/aromatic N) is 2. The molecule has 7 heteroatoms. The molecule has 0 spiro atoms. The normalized spacial score (nSPS) is 15.7. The highest BCUT2D eigenvalue weighted by Crippen LogP contribution is 2.46. The first-order valence-corrected chi connectivity index (χ1v) is 10.9. The van der Waals surface area contributed by atoms with Gasteiger partial charge in [-0.3, -0.25) is 4.79 Å². The highest BCUT2D eigenvalue weighted by atomic mass is 35.5. The Morgan fingerprint density at radius 1 is 1.38 bits per heavy atom. The van der Waals surface area contributed by atoms with Crippen LogP contribution in [0.3, 0.4) is 0 Å². The number of benzene rings is 2. The summed E-state index contributed by atoms with van der Waals surface area (Å²) in [5.74, 6) is 1.05. The minimum absolute atomic E-state index is 0.00189. The minimum Gasteiger partial charge on any atom is -0.507 e. The lowest BCUT2D eigenvalue weighted by atomic mass is 9.92. The summed E-state index contributed by atoms with van der Waals surface area (Å²) >= 11 is 6.30. The third-order valence-electron chi connectivity index (χ3n) is 6.03. The zero-order valence-corrected chi connectivity index (χ0v) is 18.5. The van der Waals surface area contributed by atoms with Gasteiger partial charge in [0.15, 0.2) is 0 Å². The van der Waals surface area contributed by atoms with E-state index >= 15 is 0 Å². The number of nitrogens with one attached hydrogen (secondary N) is 1. The summed E-state index contributed by atoms with van der Waals surface area (Å²) in [6.45, 7) is 2.48. The number of pyridine rings is 1. The molecule has 0 aliphatic carbocycles. The zero-order valence-electron chi connectivity index (χ0n) is 17.7. The number of hydrogen-bond donors (Lipinski definition) is 2. The van der Waals surface area contributed by atoms with E-state index in [1.165, 1.54) is 6.08 Å². The molecular weight excluding hydrogens is 426 g/mol. The van der Waals surface area contributed by atoms with Crippen LogP contribution in [0, 0.1) is 6.92 Å². The number of alkyl halides is 1. The Bertz CT molecular complexity index is 1390. The Balaban J connectivity index is 1.51. The third kappa shape index (κ3) is 3.28. The molecule has 0 fully saturated rings. The molecule has 3 heterocycles. The maximum Gasteiger partial charge on any atom is 0.251 e. The summed E-state index contributed by atoms with van der Waals surface area (Å²) in [7, 11) is 1.60. The predicted molar refractivity (Wildman–Crippen MR) is 128 cm³/mol. The van der Waals surface area contributed by atoms with E-state index in [2.05, 4.69) is 9.97 Å². The molecule has 162 valence electrons. The van der Waals surface area contributed by atoms with Gasteiger partial charge in [0.25, 0.3) is 5.91 Å². The van der Waals surface area contributed by atoms with Crippen molar-refractivity contribution in [2.24, 2.45) is 0 Å². The first kappa shape index (κ1) is 20.4. The lowest BCUT2D eigenvalue weighted by Crippen LogP contribution is -2.28. The maximum atomic E-state index is 13.2. The summed E-state index contributed by atoms with van der Waals surface area (Å²) in [5.41, 5.74) is 4.27. The van der Waals surface area contributed by atoms with Crippen LogP contribution in [0.25, 0.3) is 27.9 Å². The van der Waals surface area contributed by atoms with Crippen LogP contribution >= 0.6 is 11.6 Å². The van der Waals surface area contributed by atoms with E-state index in [1.54, 1.807) is 30.3 Å². The van der Waals surface area contributed by atoms with E-state index in [0.717, 1.165) is 38.6 Å². The number of aromatic amines is 1. The highest BCUT2D eigenvalue weighted by Gasteiger charge is 2.34. The number of halogens is 1. The molecule has 6 nitrogen and oxygen atoms in total. The predicted octanol–water partition coefficient (Wildman–Crippen LogP) is 5.12. The number of carbonyl (C=O) groups is 1. The van der Waals surface area contributed by atoms with Crippen molar-refractivity contribution in [3.8, 4) is 11.5 Å². The maximum absolute atomic E-state index is 13.2. The van der Waals surface area contributed by atoms with Crippen molar-refractivity contribution in [2.45, 2.75) is 12.8 Å². The summed E-state index contributed by atoms with van der Waals surface area (Å²) in [4.78, 5) is 22.4. The summed E-state index contributed by atoms with van der Waals surface area (Å²) in [5, 5.41) is 13.3. The lowest BCUT2D eigenvalue weighted by Gasteiger charge is -2.17. The fourth-order valence-corrected chi connectivity index (χ4v) is 4.75. The molecule has 1 amide bonds. The molecule has 1 unspecified atom stereocenters. The monoisotopic (exact) mass is 447 g/mol. The van der Waals surface area contributed by atoms with Gasteiger partial charge in [-0.25, -0.2) is 4.98 Å². The first-order chi connectivity index (χ1) is 15.5. The van der Waals surface area contributed by atoms with E-state index in [-0.39, 0.29) is 17.6 Å². The van der Waals surface area contributed by atoms with Gasteiger partial charge in [0.2, 0.25) is 0 Å². The number of fused-ring (bicyclic) bond motifs is 4. The topological polar surface area (TPSA) is 78.5 Å². The second-order valence-corrected chi connectivity index (χ2v) is 8.31. The molecular formula is C25H22ClN3O3. The van der Waals surface area contributed by atoms with Gasteiger partial charge in [-0.1, -0.05) is 18.2 Å². The Morgan fingerprint density at radius 2 is 2.22 bits per heavy atom. The molecule has 1 atom stereocenters. The van der Waals surface area contributed by atoms with Gasteiger partial charge < -0.3 is 19.7 Å². The fraction of sp³-hybridized carbons (Fsp3) is 0.200. The molecule has 1 aliphatic heterocycles. The SMILES string of the molecule is COc1cnc2[nH]c(C=CC(=O)N3CC(CCl)c4c3cc(O)c3cccc(C)c43)cc2c1. The zero-order chi connectivity index (χ0) is 22.4. The molecule has 0 bridgehead atoms. The molecule has 5 rings (SSSR count). The third-order valence-corrected chi connectivity index (χ3v) is 6.40. The van der Waals surface area contributed by atoms with Crippen LogP contribution in [0.1, 0.15) is 22.7 Å². The van der Waals surface area contributed by atoms with Crippen LogP contribution < -0.4 is 9.64 Å². The van der Waals surface area contributed by atoms with Crippen molar-refractivity contribution < 1.29 is 14.6 Å². The molecule has 0 saturated heterocycles. The van der Waals surface area contributed by atoms with Crippen LogP contribution in [-0.2, 0) is 4.79 Å². The molecule has 2 aromatic carbocycles. The number of hydrogen-bond acceptors (Lipinski definition) is 4. The molecule has 1 aliphatic rings. The smallest absolute Gasteiger partial charge is 0.251 e. The van der Waals surface area contributed by atoms with E-state index < -0.39 is 0 Å². The number of aromatic hydroxyl groups is 1. The van der Waals surface area contributed by atoms with Crippen LogP contribution in [0.5, 0.6) is 11.5 Å². The minimum atomic E-state index is -0.171. The molecule has 0 radical (unpaired) electrons. The Labute approximate surface area is 190 Å². The van der Waals surface area contributed by atoms with Gasteiger partial charge in [0, 0.05) is 47.0 Å². The van der Waals surface area contributed by atoms with Crippen molar-refractivity contribution in [1.82, 2.24) is 9.97 Å². The quantitative estimate of drug-likeness (QED) is 0.336. The number of aryl methyl sites for hydroxylation is 1. The van der Waals surface area contributed by atoms with Gasteiger partial charge in [-0.05, 0) is 41.6 Å². The van der Waals surface area contributed by atoms with E-state index in [0.29, 0.717) is 23.9 Å². The second-order valence-electron chi connectivity index (χ2n) is 8.00.